The number of alkyl halides is 1. The summed E-state index contributed by atoms with van der Waals surface area (Å²) in [5.41, 5.74) is 0. The van der Waals surface area contributed by atoms with Crippen LogP contribution in [0, 0.1) is 0 Å². The lowest BCUT2D eigenvalue weighted by Crippen LogP contribution is -2.30. The van der Waals surface area contributed by atoms with Crippen LogP contribution in [0.4, 0.5) is 0 Å². The van der Waals surface area contributed by atoms with E-state index in [2.05, 4.69) is 18.5 Å². The maximum absolute atomic E-state index is 5.64. The molecule has 0 aromatic rings. The van der Waals surface area contributed by atoms with Gasteiger partial charge in [0.25, 0.3) is 0 Å². The quantitative estimate of drug-likeness (QED) is 0.495. The lowest BCUT2D eigenvalue weighted by Gasteiger charge is -2.14. The van der Waals surface area contributed by atoms with Crippen LogP contribution in [0.5, 0.6) is 0 Å². The van der Waals surface area contributed by atoms with E-state index in [4.69, 9.17) is 11.6 Å². The molecule has 0 aliphatic carbocycles. The van der Waals surface area contributed by atoms with Crippen LogP contribution in [0.1, 0.15) is 19.8 Å². The largest absolute Gasteiger partial charge is 0.313 e. The van der Waals surface area contributed by atoms with Crippen molar-refractivity contribution in [1.82, 2.24) is 5.32 Å². The van der Waals surface area contributed by atoms with Gasteiger partial charge in [-0.1, -0.05) is 6.92 Å². The Morgan fingerprint density at radius 2 is 2.27 bits per heavy atom. The van der Waals surface area contributed by atoms with Crippen molar-refractivity contribution in [3.8, 4) is 0 Å². The molecule has 0 saturated heterocycles. The predicted molar refractivity (Wildman–Crippen MR) is 55.8 cm³/mol. The highest BCUT2D eigenvalue weighted by Gasteiger charge is 2.02. The summed E-state index contributed by atoms with van der Waals surface area (Å²) >= 11 is 7.52. The van der Waals surface area contributed by atoms with Crippen LogP contribution < -0.4 is 5.32 Å². The molecule has 0 radical (unpaired) electrons. The van der Waals surface area contributed by atoms with Crippen molar-refractivity contribution in [3.63, 3.8) is 0 Å². The van der Waals surface area contributed by atoms with E-state index in [1.54, 1.807) is 0 Å². The first-order valence-electron chi connectivity index (χ1n) is 4.13. The second-order valence-corrected chi connectivity index (χ2v) is 3.89. The van der Waals surface area contributed by atoms with Gasteiger partial charge in [-0.05, 0) is 19.1 Å². The molecule has 0 amide bonds. The summed E-state index contributed by atoms with van der Waals surface area (Å²) in [6.45, 7) is 3.31. The molecule has 1 N–H and O–H groups in total. The van der Waals surface area contributed by atoms with Gasteiger partial charge < -0.3 is 5.32 Å². The predicted octanol–water partition coefficient (Wildman–Crippen LogP) is 2.35. The van der Waals surface area contributed by atoms with Crippen LogP contribution in [0.25, 0.3) is 0 Å². The Balaban J connectivity index is 3.20. The van der Waals surface area contributed by atoms with Gasteiger partial charge in [-0.3, -0.25) is 0 Å². The molecule has 0 spiro atoms. The van der Waals surface area contributed by atoms with Crippen molar-refractivity contribution in [2.24, 2.45) is 0 Å². The topological polar surface area (TPSA) is 12.0 Å². The summed E-state index contributed by atoms with van der Waals surface area (Å²) in [5, 5.41) is 3.47. The molecule has 1 unspecified atom stereocenters. The number of thioether (sulfide) groups is 1. The first kappa shape index (κ1) is 11.6. The smallest absolute Gasteiger partial charge is 0.0238 e. The zero-order valence-electron chi connectivity index (χ0n) is 7.40. The van der Waals surface area contributed by atoms with Gasteiger partial charge >= 0.3 is 0 Å². The van der Waals surface area contributed by atoms with Gasteiger partial charge in [-0.15, -0.1) is 11.6 Å². The third kappa shape index (κ3) is 6.98. The molecular weight excluding hydrogens is 178 g/mol. The maximum atomic E-state index is 5.64. The molecule has 0 heterocycles. The average Bonchev–Trinajstić information content (AvgIpc) is 2.03. The van der Waals surface area contributed by atoms with Crippen molar-refractivity contribution >= 4 is 23.4 Å². The Kier molecular flexibility index (Phi) is 9.17. The highest BCUT2D eigenvalue weighted by atomic mass is 35.5. The van der Waals surface area contributed by atoms with Gasteiger partial charge in [0, 0.05) is 24.2 Å². The van der Waals surface area contributed by atoms with Crippen LogP contribution in [-0.4, -0.2) is 30.5 Å². The second-order valence-electron chi connectivity index (χ2n) is 2.53. The molecule has 0 saturated carbocycles. The lowest BCUT2D eigenvalue weighted by atomic mass is 10.2. The minimum atomic E-state index is 0.625. The van der Waals surface area contributed by atoms with E-state index in [0.29, 0.717) is 6.04 Å². The highest BCUT2D eigenvalue weighted by Crippen LogP contribution is 1.99. The van der Waals surface area contributed by atoms with E-state index in [-0.39, 0.29) is 0 Å². The summed E-state index contributed by atoms with van der Waals surface area (Å²) in [7, 11) is 0. The standard InChI is InChI=1S/C8H18ClNS/c1-3-8(4-5-9)10-6-7-11-2/h8,10H,3-7H2,1-2H3. The van der Waals surface area contributed by atoms with Gasteiger partial charge in [0.2, 0.25) is 0 Å². The molecular formula is C8H18ClNS. The van der Waals surface area contributed by atoms with E-state index in [9.17, 15) is 0 Å². The molecule has 0 rings (SSSR count). The highest BCUT2D eigenvalue weighted by molar-refractivity contribution is 7.98. The molecule has 3 heteroatoms. The molecule has 1 atom stereocenters. The van der Waals surface area contributed by atoms with Crippen molar-refractivity contribution in [1.29, 1.82) is 0 Å². The minimum Gasteiger partial charge on any atom is -0.313 e. The van der Waals surface area contributed by atoms with Crippen molar-refractivity contribution < 1.29 is 0 Å². The summed E-state index contributed by atoms with van der Waals surface area (Å²) in [6, 6.07) is 0.625. The first-order chi connectivity index (χ1) is 5.35. The van der Waals surface area contributed by atoms with Gasteiger partial charge in [0.1, 0.15) is 0 Å². The number of nitrogens with one attached hydrogen (secondary N) is 1. The number of rotatable bonds is 7. The fraction of sp³-hybridized carbons (Fsp3) is 1.00. The van der Waals surface area contributed by atoms with E-state index in [0.717, 1.165) is 18.8 Å². The van der Waals surface area contributed by atoms with Crippen LogP contribution >= 0.6 is 23.4 Å². The molecule has 1 nitrogen and oxygen atoms in total. The molecule has 0 bridgehead atoms. The van der Waals surface area contributed by atoms with Crippen molar-refractivity contribution in [2.45, 2.75) is 25.8 Å². The molecule has 0 aromatic heterocycles. The van der Waals surface area contributed by atoms with Crippen molar-refractivity contribution in [2.75, 3.05) is 24.4 Å². The normalized spacial score (nSPS) is 13.4. The number of halogens is 1. The van der Waals surface area contributed by atoms with Gasteiger partial charge in [0.05, 0.1) is 0 Å². The van der Waals surface area contributed by atoms with E-state index in [1.807, 2.05) is 11.8 Å². The minimum absolute atomic E-state index is 0.625. The average molecular weight is 196 g/mol. The molecule has 0 aliphatic rings. The summed E-state index contributed by atoms with van der Waals surface area (Å²) in [6.07, 6.45) is 4.40. The Bertz CT molecular complexity index is 80.5. The second kappa shape index (κ2) is 8.69. The molecule has 0 aliphatic heterocycles. The summed E-state index contributed by atoms with van der Waals surface area (Å²) in [5.74, 6) is 1.96. The maximum Gasteiger partial charge on any atom is 0.0238 e. The van der Waals surface area contributed by atoms with Crippen LogP contribution in [0.3, 0.4) is 0 Å². The Labute approximate surface area is 79.3 Å². The Morgan fingerprint density at radius 3 is 2.73 bits per heavy atom. The third-order valence-electron chi connectivity index (χ3n) is 1.69. The van der Waals surface area contributed by atoms with E-state index < -0.39 is 0 Å². The monoisotopic (exact) mass is 195 g/mol. The van der Waals surface area contributed by atoms with E-state index >= 15 is 0 Å². The zero-order chi connectivity index (χ0) is 8.53. The first-order valence-corrected chi connectivity index (χ1v) is 6.06. The van der Waals surface area contributed by atoms with Crippen LogP contribution in [0.15, 0.2) is 0 Å². The zero-order valence-corrected chi connectivity index (χ0v) is 8.97. The Morgan fingerprint density at radius 1 is 1.55 bits per heavy atom. The molecule has 68 valence electrons. The number of hydrogen-bond acceptors (Lipinski definition) is 2. The fourth-order valence-corrected chi connectivity index (χ4v) is 1.53. The van der Waals surface area contributed by atoms with E-state index in [1.165, 1.54) is 12.2 Å². The Hall–Kier alpha value is 0.600. The molecule has 11 heavy (non-hydrogen) atoms. The lowest BCUT2D eigenvalue weighted by molar-refractivity contribution is 0.503. The SMILES string of the molecule is CCC(CCCl)NCCSC. The van der Waals surface area contributed by atoms with Gasteiger partial charge in [-0.2, -0.15) is 11.8 Å². The molecule has 0 fully saturated rings. The van der Waals surface area contributed by atoms with Crippen molar-refractivity contribution in [3.05, 3.63) is 0 Å². The van der Waals surface area contributed by atoms with Crippen LogP contribution in [-0.2, 0) is 0 Å². The third-order valence-corrected chi connectivity index (χ3v) is 2.52. The van der Waals surface area contributed by atoms with Crippen LogP contribution in [0.2, 0.25) is 0 Å². The summed E-state index contributed by atoms with van der Waals surface area (Å²) in [4.78, 5) is 0. The molecule has 0 aromatic carbocycles. The van der Waals surface area contributed by atoms with Gasteiger partial charge in [0.15, 0.2) is 0 Å². The number of hydrogen-bond donors (Lipinski definition) is 1. The fourth-order valence-electron chi connectivity index (χ4n) is 0.947. The summed E-state index contributed by atoms with van der Waals surface area (Å²) < 4.78 is 0. The van der Waals surface area contributed by atoms with Gasteiger partial charge in [-0.25, -0.2) is 0 Å².